The van der Waals surface area contributed by atoms with Gasteiger partial charge >= 0.3 is 0 Å². The van der Waals surface area contributed by atoms with Gasteiger partial charge in [-0.05, 0) is 37.6 Å². The number of amides is 1. The van der Waals surface area contributed by atoms with Gasteiger partial charge in [0.1, 0.15) is 5.82 Å². The highest BCUT2D eigenvalue weighted by atomic mass is 19.1. The molecule has 0 spiro atoms. The smallest absolute Gasteiger partial charge is 0.227 e. The second-order valence-corrected chi connectivity index (χ2v) is 5.18. The van der Waals surface area contributed by atoms with E-state index in [1.54, 1.807) is 19.1 Å². The largest absolute Gasteiger partial charge is 0.352 e. The molecule has 1 amide bonds. The summed E-state index contributed by atoms with van der Waals surface area (Å²) in [6.45, 7) is 3.89. The van der Waals surface area contributed by atoms with Crippen LogP contribution in [0.25, 0.3) is 11.4 Å². The normalized spacial score (nSPS) is 12.2. The number of aryl methyl sites for hydroxylation is 2. The molecule has 0 radical (unpaired) electrons. The van der Waals surface area contributed by atoms with Gasteiger partial charge in [0.15, 0.2) is 0 Å². The molecule has 0 saturated heterocycles. The molecule has 0 aliphatic heterocycles. The molecule has 2 rings (SSSR count). The van der Waals surface area contributed by atoms with Gasteiger partial charge in [-0.2, -0.15) is 4.98 Å². The molecule has 0 saturated carbocycles. The molecule has 1 atom stereocenters. The first-order valence-electron chi connectivity index (χ1n) is 7.08. The summed E-state index contributed by atoms with van der Waals surface area (Å²) in [5.74, 6) is 0.356. The summed E-state index contributed by atoms with van der Waals surface area (Å²) in [5, 5.41) is 6.61. The number of carbonyl (C=O) groups is 1. The fourth-order valence-corrected chi connectivity index (χ4v) is 1.88. The lowest BCUT2D eigenvalue weighted by Gasteiger charge is -2.09. The lowest BCUT2D eigenvalue weighted by atomic mass is 10.1. The van der Waals surface area contributed by atoms with Crippen LogP contribution in [0.5, 0.6) is 0 Å². The Hall–Kier alpha value is -2.28. The van der Waals surface area contributed by atoms with Crippen molar-refractivity contribution in [3.05, 3.63) is 35.5 Å². The third-order valence-electron chi connectivity index (χ3n) is 3.21. The van der Waals surface area contributed by atoms with Gasteiger partial charge in [-0.1, -0.05) is 5.16 Å². The van der Waals surface area contributed by atoms with Crippen LogP contribution in [0.1, 0.15) is 24.8 Å². The Labute approximate surface area is 127 Å². The molecule has 0 unspecified atom stereocenters. The minimum Gasteiger partial charge on any atom is -0.352 e. The number of hydrogen-bond donors (Lipinski definition) is 2. The molecule has 1 aromatic heterocycles. The molecule has 3 N–H and O–H groups in total. The molecular weight excluding hydrogens is 287 g/mol. The molecule has 1 heterocycles. The van der Waals surface area contributed by atoms with Crippen LogP contribution >= 0.6 is 0 Å². The second kappa shape index (κ2) is 7.13. The van der Waals surface area contributed by atoms with Crippen molar-refractivity contribution in [2.75, 3.05) is 6.54 Å². The van der Waals surface area contributed by atoms with Crippen LogP contribution in [-0.2, 0) is 11.2 Å². The maximum atomic E-state index is 13.2. The number of hydrogen-bond acceptors (Lipinski definition) is 5. The minimum atomic E-state index is -0.279. The fraction of sp³-hybridized carbons (Fsp3) is 0.400. The molecule has 0 fully saturated rings. The summed E-state index contributed by atoms with van der Waals surface area (Å²) in [4.78, 5) is 15.9. The SMILES string of the molecule is Cc1cc(-c2noc(CCC(=O)N[C@@H](C)CN)n2)ccc1F. The molecule has 0 aliphatic rings. The average Bonchev–Trinajstić information content (AvgIpc) is 2.96. The molecule has 118 valence electrons. The van der Waals surface area contributed by atoms with Crippen molar-refractivity contribution in [3.8, 4) is 11.4 Å². The number of nitrogens with zero attached hydrogens (tertiary/aromatic N) is 2. The zero-order valence-electron chi connectivity index (χ0n) is 12.6. The summed E-state index contributed by atoms with van der Waals surface area (Å²) in [6, 6.07) is 4.54. The van der Waals surface area contributed by atoms with Gasteiger partial charge in [-0.15, -0.1) is 0 Å². The predicted molar refractivity (Wildman–Crippen MR) is 79.4 cm³/mol. The summed E-state index contributed by atoms with van der Waals surface area (Å²) in [6.07, 6.45) is 0.588. The zero-order valence-corrected chi connectivity index (χ0v) is 12.6. The van der Waals surface area contributed by atoms with Crippen molar-refractivity contribution in [2.24, 2.45) is 5.73 Å². The maximum Gasteiger partial charge on any atom is 0.227 e. The van der Waals surface area contributed by atoms with Crippen LogP contribution < -0.4 is 11.1 Å². The van der Waals surface area contributed by atoms with Gasteiger partial charge in [0.25, 0.3) is 0 Å². The van der Waals surface area contributed by atoms with E-state index in [4.69, 9.17) is 10.3 Å². The number of halogens is 1. The Bertz CT molecular complexity index is 657. The van der Waals surface area contributed by atoms with E-state index in [1.807, 2.05) is 6.92 Å². The number of aromatic nitrogens is 2. The Morgan fingerprint density at radius 1 is 1.50 bits per heavy atom. The third-order valence-corrected chi connectivity index (χ3v) is 3.21. The number of benzene rings is 1. The van der Waals surface area contributed by atoms with E-state index >= 15 is 0 Å². The van der Waals surface area contributed by atoms with Crippen LogP contribution in [0.2, 0.25) is 0 Å². The maximum absolute atomic E-state index is 13.2. The Balaban J connectivity index is 1.96. The summed E-state index contributed by atoms with van der Waals surface area (Å²) >= 11 is 0. The molecule has 22 heavy (non-hydrogen) atoms. The number of nitrogens with two attached hydrogens (primary N) is 1. The van der Waals surface area contributed by atoms with Crippen LogP contribution in [0.3, 0.4) is 0 Å². The van der Waals surface area contributed by atoms with Crippen molar-refractivity contribution in [2.45, 2.75) is 32.7 Å². The van der Waals surface area contributed by atoms with Crippen molar-refractivity contribution < 1.29 is 13.7 Å². The number of nitrogens with one attached hydrogen (secondary N) is 1. The van der Waals surface area contributed by atoms with E-state index in [0.29, 0.717) is 35.8 Å². The average molecular weight is 306 g/mol. The van der Waals surface area contributed by atoms with Crippen molar-refractivity contribution in [1.82, 2.24) is 15.5 Å². The van der Waals surface area contributed by atoms with Crippen molar-refractivity contribution in [3.63, 3.8) is 0 Å². The molecule has 0 bridgehead atoms. The van der Waals surface area contributed by atoms with Crippen LogP contribution in [0, 0.1) is 12.7 Å². The van der Waals surface area contributed by atoms with E-state index in [2.05, 4.69) is 15.5 Å². The molecule has 6 nitrogen and oxygen atoms in total. The summed E-state index contributed by atoms with van der Waals surface area (Å²) in [7, 11) is 0. The first-order valence-corrected chi connectivity index (χ1v) is 7.08. The monoisotopic (exact) mass is 306 g/mol. The first-order chi connectivity index (χ1) is 10.5. The van der Waals surface area contributed by atoms with E-state index in [1.165, 1.54) is 6.07 Å². The minimum absolute atomic E-state index is 0.0621. The van der Waals surface area contributed by atoms with Crippen molar-refractivity contribution >= 4 is 5.91 Å². The van der Waals surface area contributed by atoms with Crippen LogP contribution in [0.4, 0.5) is 4.39 Å². The number of rotatable bonds is 6. The predicted octanol–water partition coefficient (Wildman–Crippen LogP) is 1.58. The Morgan fingerprint density at radius 3 is 2.95 bits per heavy atom. The van der Waals surface area contributed by atoms with E-state index in [-0.39, 0.29) is 24.2 Å². The second-order valence-electron chi connectivity index (χ2n) is 5.18. The van der Waals surface area contributed by atoms with Crippen LogP contribution in [-0.4, -0.2) is 28.6 Å². The molecule has 2 aromatic rings. The highest BCUT2D eigenvalue weighted by Crippen LogP contribution is 2.19. The van der Waals surface area contributed by atoms with Crippen molar-refractivity contribution in [1.29, 1.82) is 0 Å². The molecular formula is C15H19FN4O2. The Morgan fingerprint density at radius 2 is 2.27 bits per heavy atom. The number of carbonyl (C=O) groups excluding carboxylic acids is 1. The fourth-order valence-electron chi connectivity index (χ4n) is 1.88. The molecule has 1 aromatic carbocycles. The standard InChI is InChI=1S/C15H19FN4O2/c1-9-7-11(3-4-12(9)16)15-19-14(22-20-15)6-5-13(21)18-10(2)8-17/h3-4,7,10H,5-6,8,17H2,1-2H3,(H,18,21)/t10-/m0/s1. The quantitative estimate of drug-likeness (QED) is 0.845. The summed E-state index contributed by atoms with van der Waals surface area (Å²) < 4.78 is 18.4. The molecule has 0 aliphatic carbocycles. The lowest BCUT2D eigenvalue weighted by Crippen LogP contribution is -2.37. The third kappa shape index (κ3) is 4.11. The zero-order chi connectivity index (χ0) is 16.1. The molecule has 7 heteroatoms. The first kappa shape index (κ1) is 16.1. The topological polar surface area (TPSA) is 94.0 Å². The summed E-state index contributed by atoms with van der Waals surface area (Å²) in [5.41, 5.74) is 6.62. The van der Waals surface area contributed by atoms with E-state index in [0.717, 1.165) is 0 Å². The highest BCUT2D eigenvalue weighted by molar-refractivity contribution is 5.76. The van der Waals surface area contributed by atoms with Gasteiger partial charge in [0.05, 0.1) is 0 Å². The van der Waals surface area contributed by atoms with Gasteiger partial charge in [0.2, 0.25) is 17.6 Å². The van der Waals surface area contributed by atoms with Crippen LogP contribution in [0.15, 0.2) is 22.7 Å². The van der Waals surface area contributed by atoms with Gasteiger partial charge in [0, 0.05) is 31.0 Å². The lowest BCUT2D eigenvalue weighted by molar-refractivity contribution is -0.121. The van der Waals surface area contributed by atoms with Gasteiger partial charge in [-0.25, -0.2) is 4.39 Å². The highest BCUT2D eigenvalue weighted by Gasteiger charge is 2.12. The Kier molecular flexibility index (Phi) is 5.21. The van der Waals surface area contributed by atoms with Gasteiger partial charge < -0.3 is 15.6 Å². The van der Waals surface area contributed by atoms with E-state index in [9.17, 15) is 9.18 Å². The van der Waals surface area contributed by atoms with Gasteiger partial charge in [-0.3, -0.25) is 4.79 Å². The van der Waals surface area contributed by atoms with E-state index < -0.39 is 0 Å².